The molecule has 0 saturated heterocycles. The summed E-state index contributed by atoms with van der Waals surface area (Å²) in [4.78, 5) is 11.9. The van der Waals surface area contributed by atoms with Crippen molar-refractivity contribution in [2.24, 2.45) is 0 Å². The molecule has 2 aromatic carbocycles. The van der Waals surface area contributed by atoms with Crippen molar-refractivity contribution < 1.29 is 9.53 Å². The zero-order valence-corrected chi connectivity index (χ0v) is 10.9. The summed E-state index contributed by atoms with van der Waals surface area (Å²) in [7, 11) is 0. The highest BCUT2D eigenvalue weighted by Gasteiger charge is 2.07. The van der Waals surface area contributed by atoms with Crippen LogP contribution in [0.1, 0.15) is 21.5 Å². The molecule has 0 bridgehead atoms. The lowest BCUT2D eigenvalue weighted by atomic mass is 10.1. The minimum atomic E-state index is -0.0206. The fourth-order valence-electron chi connectivity index (χ4n) is 1.81. The second-order valence-electron chi connectivity index (χ2n) is 4.31. The number of rotatable bonds is 5. The number of hydrogen-bond acceptors (Lipinski definition) is 2. The van der Waals surface area contributed by atoms with Crippen molar-refractivity contribution in [3.8, 4) is 5.75 Å². The number of Topliss-reactive ketones (excluding diaryl/α,β-unsaturated/α-hetero) is 1. The molecule has 19 heavy (non-hydrogen) atoms. The Morgan fingerprint density at radius 2 is 1.95 bits per heavy atom. The Hall–Kier alpha value is -2.35. The molecule has 0 aliphatic heterocycles. The number of benzene rings is 2. The van der Waals surface area contributed by atoms with Crippen molar-refractivity contribution in [1.29, 1.82) is 0 Å². The number of aryl methyl sites for hydroxylation is 1. The van der Waals surface area contributed by atoms with Crippen LogP contribution in [0.2, 0.25) is 0 Å². The molecule has 0 spiro atoms. The van der Waals surface area contributed by atoms with Crippen LogP contribution >= 0.6 is 0 Å². The summed E-state index contributed by atoms with van der Waals surface area (Å²) < 4.78 is 5.57. The molecule has 0 radical (unpaired) electrons. The molecular formula is C17H16O2. The fraction of sp³-hybridized carbons (Fsp3) is 0.118. The normalized spacial score (nSPS) is 9.95. The van der Waals surface area contributed by atoms with E-state index < -0.39 is 0 Å². The van der Waals surface area contributed by atoms with Crippen LogP contribution < -0.4 is 4.74 Å². The van der Waals surface area contributed by atoms with E-state index in [1.807, 2.05) is 43.3 Å². The Labute approximate surface area is 113 Å². The summed E-state index contributed by atoms with van der Waals surface area (Å²) in [5.74, 6) is 0.711. The van der Waals surface area contributed by atoms with Gasteiger partial charge in [-0.15, -0.1) is 0 Å². The molecule has 0 aromatic heterocycles. The maximum absolute atomic E-state index is 11.9. The standard InChI is InChI=1S/C17H16O2/c1-3-14-9-10-17(13(2)11-14)19-12-16(18)15-7-5-4-6-8-15/h3-11H,1,12H2,2H3. The van der Waals surface area contributed by atoms with E-state index in [0.29, 0.717) is 5.56 Å². The molecule has 0 amide bonds. The van der Waals surface area contributed by atoms with Gasteiger partial charge in [0.2, 0.25) is 0 Å². The second kappa shape index (κ2) is 6.01. The van der Waals surface area contributed by atoms with Crippen LogP contribution in [0.25, 0.3) is 6.08 Å². The van der Waals surface area contributed by atoms with E-state index in [1.165, 1.54) is 0 Å². The average molecular weight is 252 g/mol. The highest BCUT2D eigenvalue weighted by Crippen LogP contribution is 2.19. The molecule has 96 valence electrons. The van der Waals surface area contributed by atoms with Crippen LogP contribution in [0.15, 0.2) is 55.1 Å². The van der Waals surface area contributed by atoms with Gasteiger partial charge in [0.15, 0.2) is 12.4 Å². The number of ketones is 1. The van der Waals surface area contributed by atoms with Gasteiger partial charge in [0.05, 0.1) is 0 Å². The van der Waals surface area contributed by atoms with Crippen LogP contribution in [-0.4, -0.2) is 12.4 Å². The van der Waals surface area contributed by atoms with E-state index in [9.17, 15) is 4.79 Å². The molecule has 2 nitrogen and oxygen atoms in total. The number of carbonyl (C=O) groups excluding carboxylic acids is 1. The fourth-order valence-corrected chi connectivity index (χ4v) is 1.81. The van der Waals surface area contributed by atoms with Gasteiger partial charge >= 0.3 is 0 Å². The minimum absolute atomic E-state index is 0.0206. The zero-order chi connectivity index (χ0) is 13.7. The van der Waals surface area contributed by atoms with Gasteiger partial charge in [-0.25, -0.2) is 0 Å². The largest absolute Gasteiger partial charge is 0.485 e. The Kier molecular flexibility index (Phi) is 4.14. The van der Waals surface area contributed by atoms with Crippen LogP contribution in [0.5, 0.6) is 5.75 Å². The smallest absolute Gasteiger partial charge is 0.200 e. The molecule has 0 heterocycles. The molecule has 0 N–H and O–H groups in total. The SMILES string of the molecule is C=Cc1ccc(OCC(=O)c2ccccc2)c(C)c1. The molecule has 0 aliphatic carbocycles. The summed E-state index contributed by atoms with van der Waals surface area (Å²) in [6.07, 6.45) is 1.78. The third-order valence-electron chi connectivity index (χ3n) is 2.89. The molecule has 0 unspecified atom stereocenters. The van der Waals surface area contributed by atoms with E-state index in [2.05, 4.69) is 6.58 Å². The van der Waals surface area contributed by atoms with Gasteiger partial charge in [-0.05, 0) is 30.2 Å². The van der Waals surface area contributed by atoms with Gasteiger partial charge in [0.1, 0.15) is 5.75 Å². The summed E-state index contributed by atoms with van der Waals surface area (Å²) in [6, 6.07) is 14.9. The van der Waals surface area contributed by atoms with E-state index in [0.717, 1.165) is 16.9 Å². The first kappa shape index (κ1) is 13.1. The monoisotopic (exact) mass is 252 g/mol. The average Bonchev–Trinajstić information content (AvgIpc) is 2.46. The second-order valence-corrected chi connectivity index (χ2v) is 4.31. The van der Waals surface area contributed by atoms with E-state index in [-0.39, 0.29) is 12.4 Å². The van der Waals surface area contributed by atoms with E-state index in [1.54, 1.807) is 18.2 Å². The maximum atomic E-state index is 11.9. The lowest BCUT2D eigenvalue weighted by molar-refractivity contribution is 0.0921. The topological polar surface area (TPSA) is 26.3 Å². The highest BCUT2D eigenvalue weighted by molar-refractivity contribution is 5.97. The van der Waals surface area contributed by atoms with Gasteiger partial charge in [0, 0.05) is 5.56 Å². The van der Waals surface area contributed by atoms with Crippen molar-refractivity contribution >= 4 is 11.9 Å². The van der Waals surface area contributed by atoms with Gasteiger partial charge in [-0.1, -0.05) is 49.1 Å². The number of hydrogen-bond donors (Lipinski definition) is 0. The van der Waals surface area contributed by atoms with Crippen molar-refractivity contribution in [2.45, 2.75) is 6.92 Å². The maximum Gasteiger partial charge on any atom is 0.200 e. The van der Waals surface area contributed by atoms with E-state index in [4.69, 9.17) is 4.74 Å². The summed E-state index contributed by atoms with van der Waals surface area (Å²) in [5.41, 5.74) is 2.71. The zero-order valence-electron chi connectivity index (χ0n) is 10.9. The van der Waals surface area contributed by atoms with Gasteiger partial charge in [-0.2, -0.15) is 0 Å². The molecule has 2 rings (SSSR count). The van der Waals surface area contributed by atoms with Crippen molar-refractivity contribution in [1.82, 2.24) is 0 Å². The van der Waals surface area contributed by atoms with Gasteiger partial charge in [-0.3, -0.25) is 4.79 Å². The Bertz CT molecular complexity index is 585. The summed E-state index contributed by atoms with van der Waals surface area (Å²) in [6.45, 7) is 5.73. The quantitative estimate of drug-likeness (QED) is 0.754. The molecule has 0 saturated carbocycles. The Morgan fingerprint density at radius 1 is 1.21 bits per heavy atom. The highest BCUT2D eigenvalue weighted by atomic mass is 16.5. The van der Waals surface area contributed by atoms with Crippen LogP contribution in [0, 0.1) is 6.92 Å². The molecule has 2 aromatic rings. The third-order valence-corrected chi connectivity index (χ3v) is 2.89. The van der Waals surface area contributed by atoms with Crippen molar-refractivity contribution in [3.05, 3.63) is 71.8 Å². The summed E-state index contributed by atoms with van der Waals surface area (Å²) >= 11 is 0. The van der Waals surface area contributed by atoms with Crippen LogP contribution in [-0.2, 0) is 0 Å². The van der Waals surface area contributed by atoms with Gasteiger partial charge < -0.3 is 4.74 Å². The summed E-state index contributed by atoms with van der Waals surface area (Å²) in [5, 5.41) is 0. The molecule has 0 atom stereocenters. The van der Waals surface area contributed by atoms with Crippen LogP contribution in [0.3, 0.4) is 0 Å². The number of ether oxygens (including phenoxy) is 1. The molecular weight excluding hydrogens is 236 g/mol. The molecule has 2 heteroatoms. The number of carbonyl (C=O) groups is 1. The third kappa shape index (κ3) is 3.32. The minimum Gasteiger partial charge on any atom is -0.485 e. The molecule has 0 fully saturated rings. The predicted molar refractivity (Wildman–Crippen MR) is 77.5 cm³/mol. The predicted octanol–water partition coefficient (Wildman–Crippen LogP) is 3.90. The first-order chi connectivity index (χ1) is 9.20. The lowest BCUT2D eigenvalue weighted by Gasteiger charge is -2.09. The first-order valence-electron chi connectivity index (χ1n) is 6.15. The Morgan fingerprint density at radius 3 is 2.58 bits per heavy atom. The lowest BCUT2D eigenvalue weighted by Crippen LogP contribution is -2.11. The van der Waals surface area contributed by atoms with Crippen molar-refractivity contribution in [2.75, 3.05) is 6.61 Å². The van der Waals surface area contributed by atoms with E-state index >= 15 is 0 Å². The van der Waals surface area contributed by atoms with Crippen LogP contribution in [0.4, 0.5) is 0 Å². The van der Waals surface area contributed by atoms with Crippen molar-refractivity contribution in [3.63, 3.8) is 0 Å². The Balaban J connectivity index is 2.03. The first-order valence-corrected chi connectivity index (χ1v) is 6.15. The van der Waals surface area contributed by atoms with Gasteiger partial charge in [0.25, 0.3) is 0 Å². The molecule has 0 aliphatic rings.